The number of hydrogen-bond acceptors (Lipinski definition) is 4. The smallest absolute Gasteiger partial charge is 0.582 e. The van der Waals surface area contributed by atoms with Crippen molar-refractivity contribution in [2.24, 2.45) is 0 Å². The summed E-state index contributed by atoms with van der Waals surface area (Å²) in [5.74, 6) is 0. The molecule has 50 valence electrons. The number of rotatable bonds is 0. The molecular weight excluding hydrogens is 130 g/mol. The van der Waals surface area contributed by atoms with Crippen LogP contribution in [0.2, 0.25) is 0 Å². The molecule has 0 aliphatic rings. The molecule has 5 nitrogen and oxygen atoms in total. The summed E-state index contributed by atoms with van der Waals surface area (Å²) in [7, 11) is -2.17. The van der Waals surface area contributed by atoms with Crippen LogP contribution in [0.5, 0.6) is 0 Å². The minimum absolute atomic E-state index is 0. The van der Waals surface area contributed by atoms with Gasteiger partial charge in [0.2, 0.25) is 0 Å². The molecule has 0 radical (unpaired) electrons. The van der Waals surface area contributed by atoms with Gasteiger partial charge in [-0.25, -0.2) is 0 Å². The van der Waals surface area contributed by atoms with E-state index in [4.69, 9.17) is 15.1 Å². The fourth-order valence-corrected chi connectivity index (χ4v) is 0.192. The van der Waals surface area contributed by atoms with Crippen LogP contribution >= 0.6 is 0 Å². The first kappa shape index (κ1) is 12.4. The van der Waals surface area contributed by atoms with Crippen molar-refractivity contribution < 1.29 is 33.9 Å². The van der Waals surface area contributed by atoms with E-state index in [0.717, 1.165) is 0 Å². The van der Waals surface area contributed by atoms with Crippen molar-refractivity contribution in [2.45, 2.75) is 0 Å². The molecule has 3 N–H and O–H groups in total. The summed E-state index contributed by atoms with van der Waals surface area (Å²) in [6.07, 6.45) is 3.28. The summed E-state index contributed by atoms with van der Waals surface area (Å²) in [6, 6.07) is 1.78. The fourth-order valence-electron chi connectivity index (χ4n) is 0.192. The van der Waals surface area contributed by atoms with Crippen LogP contribution in [0.25, 0.3) is 0 Å². The quantitative estimate of drug-likeness (QED) is 0.311. The van der Waals surface area contributed by atoms with Gasteiger partial charge in [-0.15, -0.1) is 0 Å². The maximum Gasteiger partial charge on any atom is 1.00 e. The summed E-state index contributed by atoms with van der Waals surface area (Å²) in [4.78, 5) is 0. The average Bonchev–Trinajstić information content (AvgIpc) is 2.11. The van der Waals surface area contributed by atoms with Crippen LogP contribution in [-0.4, -0.2) is 27.5 Å². The van der Waals surface area contributed by atoms with Gasteiger partial charge >= 0.3 is 26.2 Å². The summed E-state index contributed by atoms with van der Waals surface area (Å²) in [5.41, 5.74) is 0. The molecule has 0 saturated carbocycles. The van der Waals surface area contributed by atoms with Crippen molar-refractivity contribution in [3.05, 3.63) is 18.5 Å². The van der Waals surface area contributed by atoms with Crippen LogP contribution in [0, 0.1) is 0 Å². The summed E-state index contributed by atoms with van der Waals surface area (Å²) in [5, 5.41) is 28.4. The number of nitrogens with zero attached hydrogens (tertiary/aromatic N) is 2. The Hall–Kier alpha value is -0.248. The second-order valence-electron chi connectivity index (χ2n) is 1.07. The Morgan fingerprint density at radius 1 is 1.30 bits per heavy atom. The molecule has 0 fully saturated rings. The van der Waals surface area contributed by atoms with Gasteiger partial charge in [0, 0.05) is 6.20 Å². The predicted octanol–water partition coefficient (Wildman–Crippen LogP) is -5.01. The van der Waals surface area contributed by atoms with E-state index in [9.17, 15) is 0 Å². The minimum atomic E-state index is -2.17. The first-order valence-electron chi connectivity index (χ1n) is 2.16. The van der Waals surface area contributed by atoms with Crippen molar-refractivity contribution in [2.75, 3.05) is 0 Å². The van der Waals surface area contributed by atoms with E-state index in [2.05, 4.69) is 10.2 Å². The molecule has 7 heteroatoms. The second-order valence-corrected chi connectivity index (χ2v) is 1.07. The molecule has 0 aliphatic heterocycles. The van der Waals surface area contributed by atoms with Gasteiger partial charge in [0.1, 0.15) is 0 Å². The maximum absolute atomic E-state index is 7.17. The van der Waals surface area contributed by atoms with Gasteiger partial charge in [-0.3, -0.25) is 0 Å². The molecule has 0 spiro atoms. The van der Waals surface area contributed by atoms with Crippen molar-refractivity contribution in [3.8, 4) is 0 Å². The maximum atomic E-state index is 7.17. The zero-order chi connectivity index (χ0) is 7.11. The van der Waals surface area contributed by atoms with Crippen LogP contribution in [0.4, 0.5) is 0 Å². The Bertz CT molecular complexity index is 105. The normalized spacial score (nSPS) is 6.70. The number of aromatic nitrogens is 2. The van der Waals surface area contributed by atoms with E-state index in [1.54, 1.807) is 18.5 Å². The van der Waals surface area contributed by atoms with Crippen LogP contribution in [0.15, 0.2) is 18.5 Å². The molecule has 1 aromatic rings. The van der Waals surface area contributed by atoms with E-state index in [1.165, 1.54) is 0 Å². The third-order valence-electron chi connectivity index (χ3n) is 0.372. The summed E-state index contributed by atoms with van der Waals surface area (Å²) >= 11 is 0. The Balaban J connectivity index is 0. The van der Waals surface area contributed by atoms with Crippen molar-refractivity contribution in [1.29, 1.82) is 0 Å². The Morgan fingerprint density at radius 3 is 1.90 bits per heavy atom. The largest absolute Gasteiger partial charge is 1.00 e. The van der Waals surface area contributed by atoms with Gasteiger partial charge in [-0.1, -0.05) is 6.07 Å². The van der Waals surface area contributed by atoms with Crippen LogP contribution in [-0.2, 0) is 0 Å². The third-order valence-corrected chi connectivity index (χ3v) is 0.372. The molecule has 0 aromatic carbocycles. The first-order valence-corrected chi connectivity index (χ1v) is 2.16. The van der Waals surface area contributed by atoms with Gasteiger partial charge in [0.05, 0.1) is 0 Å². The van der Waals surface area contributed by atoms with E-state index in [-0.39, 0.29) is 18.9 Å². The van der Waals surface area contributed by atoms with Crippen LogP contribution in [0.3, 0.4) is 0 Å². The molecular formula is C3H6BLiN2O3. The summed E-state index contributed by atoms with van der Waals surface area (Å²) < 4.78 is 0. The fraction of sp³-hybridized carbons (Fsp3) is 0. The van der Waals surface area contributed by atoms with Crippen molar-refractivity contribution in [1.82, 2.24) is 10.2 Å². The molecule has 0 saturated heterocycles. The molecule has 0 unspecified atom stereocenters. The van der Waals surface area contributed by atoms with Crippen molar-refractivity contribution >= 4 is 7.32 Å². The Kier molecular flexibility index (Phi) is 10.9. The second kappa shape index (κ2) is 8.75. The van der Waals surface area contributed by atoms with E-state index < -0.39 is 7.32 Å². The van der Waals surface area contributed by atoms with Gasteiger partial charge in [-0.05, 0) is 0 Å². The number of hydrogen-bond donors (Lipinski definition) is 3. The molecule has 10 heavy (non-hydrogen) atoms. The van der Waals surface area contributed by atoms with Crippen LogP contribution < -0.4 is 24.0 Å². The molecule has 0 amide bonds. The topological polar surface area (TPSA) is 87.7 Å². The van der Waals surface area contributed by atoms with Gasteiger partial charge in [0.25, 0.3) is 0 Å². The minimum Gasteiger partial charge on any atom is -0.582 e. The SMILES string of the molecule is OB(O)O.[Li+].c1cn[n-]c1. The van der Waals surface area contributed by atoms with Gasteiger partial charge in [-0.2, -0.15) is 6.20 Å². The molecule has 0 atom stereocenters. The molecule has 0 bridgehead atoms. The first-order chi connectivity index (χ1) is 4.23. The molecule has 1 rings (SSSR count). The summed E-state index contributed by atoms with van der Waals surface area (Å²) in [6.45, 7) is 0. The van der Waals surface area contributed by atoms with E-state index in [0.29, 0.717) is 0 Å². The standard InChI is InChI=1S/C3H3N2.BH3O3.Li/c1-2-4-5-3-1;2-1(3)4;/h1-3H;2-4H;/q-1;;+1. The molecule has 0 aliphatic carbocycles. The van der Waals surface area contributed by atoms with Gasteiger partial charge < -0.3 is 25.3 Å². The average molecular weight is 136 g/mol. The zero-order valence-electron chi connectivity index (χ0n) is 5.55. The third kappa shape index (κ3) is 15.7. The monoisotopic (exact) mass is 136 g/mol. The zero-order valence-corrected chi connectivity index (χ0v) is 5.55. The predicted molar refractivity (Wildman–Crippen MR) is 30.0 cm³/mol. The molecule has 1 heterocycles. The van der Waals surface area contributed by atoms with Gasteiger partial charge in [0.15, 0.2) is 0 Å². The van der Waals surface area contributed by atoms with Crippen molar-refractivity contribution in [3.63, 3.8) is 0 Å². The van der Waals surface area contributed by atoms with E-state index >= 15 is 0 Å². The molecule has 1 aromatic heterocycles. The Labute approximate surface area is 70.4 Å². The Morgan fingerprint density at radius 2 is 1.80 bits per heavy atom. The van der Waals surface area contributed by atoms with Crippen LogP contribution in [0.1, 0.15) is 0 Å². The van der Waals surface area contributed by atoms with E-state index in [1.807, 2.05) is 0 Å².